The molecule has 0 aliphatic heterocycles. The van der Waals surface area contributed by atoms with Crippen LogP contribution in [0.3, 0.4) is 0 Å². The zero-order valence-corrected chi connectivity index (χ0v) is 10.5. The van der Waals surface area contributed by atoms with Gasteiger partial charge < -0.3 is 15.5 Å². The van der Waals surface area contributed by atoms with Gasteiger partial charge in [0.1, 0.15) is 0 Å². The number of hydrogen-bond acceptors (Lipinski definition) is 4. The molecule has 1 aromatic rings. The summed E-state index contributed by atoms with van der Waals surface area (Å²) >= 11 is 1.71. The van der Waals surface area contributed by atoms with E-state index in [0.717, 1.165) is 19.3 Å². The van der Waals surface area contributed by atoms with E-state index < -0.39 is 0 Å². The summed E-state index contributed by atoms with van der Waals surface area (Å²) in [6, 6.07) is 4.73. The average molecular weight is 243 g/mol. The van der Waals surface area contributed by atoms with Crippen molar-refractivity contribution in [3.05, 3.63) is 22.4 Å². The maximum absolute atomic E-state index is 9.05. The number of aliphatic hydroxyl groups excluding tert-OH is 2. The van der Waals surface area contributed by atoms with Gasteiger partial charge in [-0.25, -0.2) is 0 Å². The standard InChI is InChI=1S/C12H21NO2S/c1-10(4-2-7-14)13-11(6-8-15)12-5-3-9-16-12/h3,5,9-11,13-15H,2,4,6-8H2,1H3. The number of hydrogen-bond donors (Lipinski definition) is 3. The zero-order chi connectivity index (χ0) is 11.8. The van der Waals surface area contributed by atoms with Gasteiger partial charge in [-0.2, -0.15) is 0 Å². The molecule has 0 spiro atoms. The lowest BCUT2D eigenvalue weighted by atomic mass is 10.1. The molecule has 1 heterocycles. The van der Waals surface area contributed by atoms with Gasteiger partial charge in [0.25, 0.3) is 0 Å². The molecule has 0 fully saturated rings. The van der Waals surface area contributed by atoms with Gasteiger partial charge in [0.05, 0.1) is 0 Å². The van der Waals surface area contributed by atoms with Crippen LogP contribution < -0.4 is 5.32 Å². The smallest absolute Gasteiger partial charge is 0.0449 e. The Balaban J connectivity index is 2.45. The summed E-state index contributed by atoms with van der Waals surface area (Å²) in [7, 11) is 0. The summed E-state index contributed by atoms with van der Waals surface area (Å²) in [5, 5.41) is 23.4. The second-order valence-corrected chi connectivity index (χ2v) is 4.99. The maximum atomic E-state index is 9.05. The van der Waals surface area contributed by atoms with E-state index >= 15 is 0 Å². The van der Waals surface area contributed by atoms with E-state index in [0.29, 0.717) is 6.04 Å². The van der Waals surface area contributed by atoms with Gasteiger partial charge in [-0.15, -0.1) is 11.3 Å². The van der Waals surface area contributed by atoms with Crippen molar-refractivity contribution in [2.45, 2.75) is 38.3 Å². The third-order valence-electron chi connectivity index (χ3n) is 2.59. The lowest BCUT2D eigenvalue weighted by molar-refractivity contribution is 0.251. The summed E-state index contributed by atoms with van der Waals surface area (Å²) < 4.78 is 0. The normalized spacial score (nSPS) is 14.9. The lowest BCUT2D eigenvalue weighted by Crippen LogP contribution is -2.30. The maximum Gasteiger partial charge on any atom is 0.0449 e. The third kappa shape index (κ3) is 4.61. The number of nitrogens with one attached hydrogen (secondary N) is 1. The molecule has 0 bridgehead atoms. The van der Waals surface area contributed by atoms with E-state index in [1.807, 2.05) is 6.07 Å². The first kappa shape index (κ1) is 13.6. The Labute approximate surface area is 101 Å². The van der Waals surface area contributed by atoms with E-state index in [9.17, 15) is 0 Å². The molecule has 0 aromatic carbocycles. The predicted octanol–water partition coefficient (Wildman–Crippen LogP) is 1.92. The molecule has 3 N–H and O–H groups in total. The highest BCUT2D eigenvalue weighted by Crippen LogP contribution is 2.22. The van der Waals surface area contributed by atoms with Crippen molar-refractivity contribution in [3.8, 4) is 0 Å². The average Bonchev–Trinajstić information content (AvgIpc) is 2.79. The highest BCUT2D eigenvalue weighted by atomic mass is 32.1. The molecule has 3 nitrogen and oxygen atoms in total. The molecule has 0 saturated heterocycles. The first-order chi connectivity index (χ1) is 7.77. The van der Waals surface area contributed by atoms with Gasteiger partial charge in [0.2, 0.25) is 0 Å². The van der Waals surface area contributed by atoms with E-state index in [2.05, 4.69) is 23.7 Å². The first-order valence-corrected chi connectivity index (χ1v) is 6.67. The minimum absolute atomic E-state index is 0.197. The molecule has 2 atom stereocenters. The molecule has 4 heteroatoms. The fourth-order valence-corrected chi connectivity index (χ4v) is 2.57. The summed E-state index contributed by atoms with van der Waals surface area (Å²) in [5.74, 6) is 0. The van der Waals surface area contributed by atoms with Crippen LogP contribution in [0.4, 0.5) is 0 Å². The molecule has 1 rings (SSSR count). The molecule has 0 amide bonds. The van der Waals surface area contributed by atoms with Crippen LogP contribution in [0, 0.1) is 0 Å². The van der Waals surface area contributed by atoms with Crippen LogP contribution in [-0.4, -0.2) is 29.5 Å². The van der Waals surface area contributed by atoms with Gasteiger partial charge in [-0.3, -0.25) is 0 Å². The Morgan fingerprint density at radius 3 is 2.69 bits per heavy atom. The van der Waals surface area contributed by atoms with Crippen molar-refractivity contribution in [2.75, 3.05) is 13.2 Å². The van der Waals surface area contributed by atoms with Crippen molar-refractivity contribution in [3.63, 3.8) is 0 Å². The van der Waals surface area contributed by atoms with Crippen molar-refractivity contribution in [2.24, 2.45) is 0 Å². The summed E-state index contributed by atoms with van der Waals surface area (Å²) in [6.07, 6.45) is 2.53. The van der Waals surface area contributed by atoms with Gasteiger partial charge in [-0.05, 0) is 37.6 Å². The first-order valence-electron chi connectivity index (χ1n) is 5.79. The number of thiophene rings is 1. The van der Waals surface area contributed by atoms with Crippen LogP contribution in [-0.2, 0) is 0 Å². The van der Waals surface area contributed by atoms with Crippen LogP contribution in [0.2, 0.25) is 0 Å². The van der Waals surface area contributed by atoms with E-state index in [4.69, 9.17) is 10.2 Å². The molecule has 0 saturated carbocycles. The molecular weight excluding hydrogens is 222 g/mol. The Morgan fingerprint density at radius 1 is 1.31 bits per heavy atom. The minimum atomic E-state index is 0.197. The quantitative estimate of drug-likeness (QED) is 0.654. The Hall–Kier alpha value is -0.420. The summed E-state index contributed by atoms with van der Waals surface area (Å²) in [5.41, 5.74) is 0. The van der Waals surface area contributed by atoms with Crippen LogP contribution in [0.25, 0.3) is 0 Å². The van der Waals surface area contributed by atoms with Crippen LogP contribution in [0.5, 0.6) is 0 Å². The van der Waals surface area contributed by atoms with Gasteiger partial charge in [0.15, 0.2) is 0 Å². The molecule has 0 aliphatic carbocycles. The van der Waals surface area contributed by atoms with Crippen molar-refractivity contribution < 1.29 is 10.2 Å². The van der Waals surface area contributed by atoms with Crippen LogP contribution in [0.1, 0.15) is 37.1 Å². The Kier molecular flexibility index (Phi) is 6.64. The van der Waals surface area contributed by atoms with E-state index in [1.165, 1.54) is 4.88 Å². The topological polar surface area (TPSA) is 52.5 Å². The molecule has 16 heavy (non-hydrogen) atoms. The van der Waals surface area contributed by atoms with Crippen molar-refractivity contribution >= 4 is 11.3 Å². The Bertz CT molecular complexity index is 264. The van der Waals surface area contributed by atoms with E-state index in [1.54, 1.807) is 11.3 Å². The summed E-state index contributed by atoms with van der Waals surface area (Å²) in [4.78, 5) is 1.27. The highest BCUT2D eigenvalue weighted by molar-refractivity contribution is 7.10. The van der Waals surface area contributed by atoms with Gasteiger partial charge in [0, 0.05) is 30.2 Å². The fraction of sp³-hybridized carbons (Fsp3) is 0.667. The fourth-order valence-electron chi connectivity index (χ4n) is 1.75. The zero-order valence-electron chi connectivity index (χ0n) is 9.72. The molecule has 1 aromatic heterocycles. The summed E-state index contributed by atoms with van der Waals surface area (Å²) in [6.45, 7) is 2.56. The van der Waals surface area contributed by atoms with Gasteiger partial charge >= 0.3 is 0 Å². The van der Waals surface area contributed by atoms with Crippen molar-refractivity contribution in [1.29, 1.82) is 0 Å². The number of rotatable bonds is 8. The monoisotopic (exact) mass is 243 g/mol. The molecule has 2 unspecified atom stereocenters. The predicted molar refractivity (Wildman–Crippen MR) is 67.7 cm³/mol. The van der Waals surface area contributed by atoms with Crippen LogP contribution in [0.15, 0.2) is 17.5 Å². The number of aliphatic hydroxyl groups is 2. The highest BCUT2D eigenvalue weighted by Gasteiger charge is 2.14. The van der Waals surface area contributed by atoms with Crippen LogP contribution >= 0.6 is 11.3 Å². The largest absolute Gasteiger partial charge is 0.396 e. The molecular formula is C12H21NO2S. The Morgan fingerprint density at radius 2 is 2.12 bits per heavy atom. The molecule has 0 aliphatic rings. The lowest BCUT2D eigenvalue weighted by Gasteiger charge is -2.21. The molecule has 92 valence electrons. The second-order valence-electron chi connectivity index (χ2n) is 4.01. The second kappa shape index (κ2) is 7.79. The third-order valence-corrected chi connectivity index (χ3v) is 3.57. The molecule has 0 radical (unpaired) electrons. The van der Waals surface area contributed by atoms with Gasteiger partial charge in [-0.1, -0.05) is 6.07 Å². The SMILES string of the molecule is CC(CCCO)NC(CCO)c1cccs1. The van der Waals surface area contributed by atoms with E-state index in [-0.39, 0.29) is 19.3 Å². The minimum Gasteiger partial charge on any atom is -0.396 e. The van der Waals surface area contributed by atoms with Crippen molar-refractivity contribution in [1.82, 2.24) is 5.32 Å².